The summed E-state index contributed by atoms with van der Waals surface area (Å²) in [6, 6.07) is 77.8. The van der Waals surface area contributed by atoms with Crippen LogP contribution in [0.15, 0.2) is 212 Å². The van der Waals surface area contributed by atoms with Crippen molar-refractivity contribution in [2.45, 2.75) is 19.3 Å². The van der Waals surface area contributed by atoms with Gasteiger partial charge in [0.25, 0.3) is 0 Å². The topological polar surface area (TPSA) is 3.24 Å². The highest BCUT2D eigenvalue weighted by Crippen LogP contribution is 2.53. The van der Waals surface area contributed by atoms with Crippen LogP contribution in [-0.4, -0.2) is 0 Å². The molecule has 0 aromatic heterocycles. The molecule has 1 aliphatic carbocycles. The molecule has 0 atom stereocenters. The van der Waals surface area contributed by atoms with Crippen molar-refractivity contribution >= 4 is 27.8 Å². The van der Waals surface area contributed by atoms with E-state index in [9.17, 15) is 0 Å². The van der Waals surface area contributed by atoms with Gasteiger partial charge in [0.2, 0.25) is 0 Å². The third-order valence-electron chi connectivity index (χ3n) is 11.7. The molecule has 266 valence electrons. The smallest absolute Gasteiger partial charge is 0.0619 e. The molecular formula is C55H41N. The maximum absolute atomic E-state index is 2.52. The predicted octanol–water partition coefficient (Wildman–Crippen LogP) is 15.3. The minimum Gasteiger partial charge on any atom is -0.309 e. The van der Waals surface area contributed by atoms with E-state index in [4.69, 9.17) is 0 Å². The summed E-state index contributed by atoms with van der Waals surface area (Å²) in [6.07, 6.45) is 0. The van der Waals surface area contributed by atoms with Crippen molar-refractivity contribution in [1.82, 2.24) is 0 Å². The largest absolute Gasteiger partial charge is 0.309 e. The van der Waals surface area contributed by atoms with Crippen LogP contribution in [-0.2, 0) is 5.41 Å². The van der Waals surface area contributed by atoms with Gasteiger partial charge in [-0.3, -0.25) is 0 Å². The third-order valence-corrected chi connectivity index (χ3v) is 11.7. The molecule has 0 bridgehead atoms. The van der Waals surface area contributed by atoms with Gasteiger partial charge >= 0.3 is 0 Å². The Morgan fingerprint density at radius 1 is 0.321 bits per heavy atom. The predicted molar refractivity (Wildman–Crippen MR) is 238 cm³/mol. The summed E-state index contributed by atoms with van der Waals surface area (Å²) in [5.74, 6) is 0. The van der Waals surface area contributed by atoms with Crippen LogP contribution < -0.4 is 4.90 Å². The molecule has 0 unspecified atom stereocenters. The van der Waals surface area contributed by atoms with Crippen molar-refractivity contribution in [3.63, 3.8) is 0 Å². The van der Waals surface area contributed by atoms with Gasteiger partial charge in [0.15, 0.2) is 0 Å². The lowest BCUT2D eigenvalue weighted by Crippen LogP contribution is -2.17. The van der Waals surface area contributed by atoms with Crippen molar-refractivity contribution in [2.75, 3.05) is 4.90 Å². The number of nitrogens with zero attached hydrogens (tertiary/aromatic N) is 1. The van der Waals surface area contributed by atoms with Gasteiger partial charge in [-0.1, -0.05) is 190 Å². The Morgan fingerprint density at radius 2 is 0.839 bits per heavy atom. The second-order valence-corrected chi connectivity index (χ2v) is 15.3. The highest BCUT2D eigenvalue weighted by atomic mass is 15.1. The summed E-state index contributed by atoms with van der Waals surface area (Å²) in [6.45, 7) is 4.73. The Balaban J connectivity index is 1.31. The van der Waals surface area contributed by atoms with Gasteiger partial charge in [0.05, 0.1) is 5.69 Å². The molecule has 1 nitrogen and oxygen atoms in total. The summed E-state index contributed by atoms with van der Waals surface area (Å²) < 4.78 is 0. The standard InChI is InChI=1S/C55H41N/c1-55(2)52-28-15-14-26-48(52)49-34-33-45(37-53(49)55)56(44-31-29-40(30-32-44)38-17-6-3-7-18-38)54-50(42-21-10-5-11-22-42)35-43(39-19-8-4-9-20-39)36-51(54)47-27-16-24-41-23-12-13-25-46(41)47/h3-37H,1-2H3. The Bertz CT molecular complexity index is 2850. The van der Waals surface area contributed by atoms with Crippen LogP contribution in [0.5, 0.6) is 0 Å². The summed E-state index contributed by atoms with van der Waals surface area (Å²) in [4.78, 5) is 2.52. The fraction of sp³-hybridized carbons (Fsp3) is 0.0545. The zero-order valence-corrected chi connectivity index (χ0v) is 31.7. The minimum absolute atomic E-state index is 0.150. The second-order valence-electron chi connectivity index (χ2n) is 15.3. The Kier molecular flexibility index (Phi) is 8.23. The lowest BCUT2D eigenvalue weighted by Gasteiger charge is -2.32. The summed E-state index contributed by atoms with van der Waals surface area (Å²) >= 11 is 0. The Morgan fingerprint density at radius 3 is 1.57 bits per heavy atom. The molecule has 9 aromatic rings. The number of rotatable bonds is 7. The van der Waals surface area contributed by atoms with Crippen LogP contribution in [0.1, 0.15) is 25.0 Å². The maximum atomic E-state index is 2.52. The molecule has 0 heterocycles. The average molecular weight is 716 g/mol. The molecule has 10 rings (SSSR count). The fourth-order valence-corrected chi connectivity index (χ4v) is 8.85. The van der Waals surface area contributed by atoms with Crippen molar-refractivity contribution in [3.8, 4) is 55.6 Å². The van der Waals surface area contributed by atoms with Crippen LogP contribution in [0.25, 0.3) is 66.4 Å². The molecule has 9 aromatic carbocycles. The van der Waals surface area contributed by atoms with Crippen LogP contribution in [0.3, 0.4) is 0 Å². The zero-order chi connectivity index (χ0) is 37.6. The first-order valence-corrected chi connectivity index (χ1v) is 19.5. The number of anilines is 3. The number of hydrogen-bond donors (Lipinski definition) is 0. The van der Waals surface area contributed by atoms with Crippen molar-refractivity contribution in [2.24, 2.45) is 0 Å². The molecular weight excluding hydrogens is 675 g/mol. The normalized spacial score (nSPS) is 12.6. The number of hydrogen-bond acceptors (Lipinski definition) is 1. The average Bonchev–Trinajstić information content (AvgIpc) is 3.50. The van der Waals surface area contributed by atoms with E-state index in [1.54, 1.807) is 0 Å². The van der Waals surface area contributed by atoms with E-state index < -0.39 is 0 Å². The molecule has 0 saturated carbocycles. The van der Waals surface area contributed by atoms with Crippen LogP contribution in [0, 0.1) is 0 Å². The van der Waals surface area contributed by atoms with Gasteiger partial charge in [0, 0.05) is 27.9 Å². The molecule has 0 fully saturated rings. The highest BCUT2D eigenvalue weighted by Gasteiger charge is 2.36. The summed E-state index contributed by atoms with van der Waals surface area (Å²) in [7, 11) is 0. The second kappa shape index (κ2) is 13.7. The quantitative estimate of drug-likeness (QED) is 0.159. The van der Waals surface area contributed by atoms with Gasteiger partial charge in [-0.2, -0.15) is 0 Å². The van der Waals surface area contributed by atoms with Gasteiger partial charge < -0.3 is 4.90 Å². The minimum atomic E-state index is -0.150. The zero-order valence-electron chi connectivity index (χ0n) is 31.7. The van der Waals surface area contributed by atoms with E-state index in [-0.39, 0.29) is 5.41 Å². The van der Waals surface area contributed by atoms with Crippen molar-refractivity contribution < 1.29 is 0 Å². The highest BCUT2D eigenvalue weighted by molar-refractivity contribution is 6.07. The van der Waals surface area contributed by atoms with Crippen molar-refractivity contribution in [3.05, 3.63) is 223 Å². The SMILES string of the molecule is CC1(C)c2ccccc2-c2ccc(N(c3ccc(-c4ccccc4)cc3)c3c(-c4ccccc4)cc(-c4ccccc4)cc3-c3cccc4ccccc34)cc21. The molecule has 0 saturated heterocycles. The maximum Gasteiger partial charge on any atom is 0.0619 e. The molecule has 0 aliphatic heterocycles. The first kappa shape index (κ1) is 33.6. The number of benzene rings is 9. The monoisotopic (exact) mass is 715 g/mol. The van der Waals surface area contributed by atoms with E-state index in [1.807, 2.05) is 0 Å². The molecule has 56 heavy (non-hydrogen) atoms. The lowest BCUT2D eigenvalue weighted by atomic mass is 9.82. The Hall–Kier alpha value is -6.96. The van der Waals surface area contributed by atoms with Gasteiger partial charge in [-0.25, -0.2) is 0 Å². The molecule has 0 N–H and O–H groups in total. The van der Waals surface area contributed by atoms with Gasteiger partial charge in [-0.15, -0.1) is 0 Å². The van der Waals surface area contributed by atoms with E-state index in [0.717, 1.165) is 17.1 Å². The van der Waals surface area contributed by atoms with Crippen LogP contribution in [0.2, 0.25) is 0 Å². The Labute approximate surface area is 329 Å². The van der Waals surface area contributed by atoms with Crippen LogP contribution >= 0.6 is 0 Å². The first-order chi connectivity index (χ1) is 27.5. The fourth-order valence-electron chi connectivity index (χ4n) is 8.85. The van der Waals surface area contributed by atoms with Crippen molar-refractivity contribution in [1.29, 1.82) is 0 Å². The van der Waals surface area contributed by atoms with E-state index in [2.05, 4.69) is 231 Å². The number of fused-ring (bicyclic) bond motifs is 4. The molecule has 0 spiro atoms. The summed E-state index contributed by atoms with van der Waals surface area (Å²) in [5.41, 5.74) is 18.1. The first-order valence-electron chi connectivity index (χ1n) is 19.5. The van der Waals surface area contributed by atoms with Gasteiger partial charge in [-0.05, 0) is 103 Å². The van der Waals surface area contributed by atoms with E-state index in [1.165, 1.54) is 77.5 Å². The van der Waals surface area contributed by atoms with Gasteiger partial charge in [0.1, 0.15) is 0 Å². The lowest BCUT2D eigenvalue weighted by molar-refractivity contribution is 0.660. The van der Waals surface area contributed by atoms with E-state index >= 15 is 0 Å². The van der Waals surface area contributed by atoms with Crippen LogP contribution in [0.4, 0.5) is 17.1 Å². The molecule has 0 amide bonds. The molecule has 0 radical (unpaired) electrons. The van der Waals surface area contributed by atoms with E-state index in [0.29, 0.717) is 0 Å². The molecule has 1 heteroatoms. The summed E-state index contributed by atoms with van der Waals surface area (Å²) in [5, 5.41) is 2.45. The third kappa shape index (κ3) is 5.72. The molecule has 1 aliphatic rings.